The molecule has 0 bridgehead atoms. The standard InChI is InChI=1S/C17H26FN/c1-17(2,14-9-11-15(18)12-10-14)16(19-3)13-7-5-4-6-8-13/h9-13,16,19H,4-8H2,1-3H3. The molecule has 1 N–H and O–H groups in total. The predicted octanol–water partition coefficient (Wildman–Crippen LogP) is 4.27. The number of benzene rings is 1. The lowest BCUT2D eigenvalue weighted by Crippen LogP contribution is -2.48. The monoisotopic (exact) mass is 263 g/mol. The molecule has 106 valence electrons. The lowest BCUT2D eigenvalue weighted by atomic mass is 9.69. The molecule has 1 fully saturated rings. The van der Waals surface area contributed by atoms with Crippen LogP contribution in [0.15, 0.2) is 24.3 Å². The predicted molar refractivity (Wildman–Crippen MR) is 78.8 cm³/mol. The first-order valence-electron chi connectivity index (χ1n) is 7.49. The van der Waals surface area contributed by atoms with Crippen LogP contribution < -0.4 is 5.32 Å². The Labute approximate surface area is 116 Å². The van der Waals surface area contributed by atoms with Crippen molar-refractivity contribution in [3.63, 3.8) is 0 Å². The first-order chi connectivity index (χ1) is 9.05. The fraction of sp³-hybridized carbons (Fsp3) is 0.647. The molecule has 0 saturated heterocycles. The maximum Gasteiger partial charge on any atom is 0.123 e. The molecule has 2 rings (SSSR count). The molecule has 1 aliphatic carbocycles. The Kier molecular flexibility index (Phi) is 4.62. The van der Waals surface area contributed by atoms with Crippen molar-refractivity contribution in [1.82, 2.24) is 5.32 Å². The van der Waals surface area contributed by atoms with E-state index < -0.39 is 0 Å². The van der Waals surface area contributed by atoms with Gasteiger partial charge in [0, 0.05) is 11.5 Å². The van der Waals surface area contributed by atoms with Gasteiger partial charge < -0.3 is 5.32 Å². The van der Waals surface area contributed by atoms with E-state index in [9.17, 15) is 4.39 Å². The summed E-state index contributed by atoms with van der Waals surface area (Å²) in [5.41, 5.74) is 1.25. The van der Waals surface area contributed by atoms with E-state index in [0.717, 1.165) is 5.92 Å². The normalized spacial score (nSPS) is 19.4. The molecule has 0 radical (unpaired) electrons. The van der Waals surface area contributed by atoms with Crippen molar-refractivity contribution in [1.29, 1.82) is 0 Å². The number of nitrogens with one attached hydrogen (secondary N) is 1. The lowest BCUT2D eigenvalue weighted by molar-refractivity contribution is 0.206. The summed E-state index contributed by atoms with van der Waals surface area (Å²) in [5, 5.41) is 3.53. The van der Waals surface area contributed by atoms with Gasteiger partial charge >= 0.3 is 0 Å². The van der Waals surface area contributed by atoms with Crippen molar-refractivity contribution in [3.05, 3.63) is 35.6 Å². The van der Waals surface area contributed by atoms with Crippen LogP contribution in [0.1, 0.15) is 51.5 Å². The fourth-order valence-electron chi connectivity index (χ4n) is 3.71. The molecule has 0 heterocycles. The second kappa shape index (κ2) is 6.04. The van der Waals surface area contributed by atoms with Crippen LogP contribution in [0.5, 0.6) is 0 Å². The molecular formula is C17H26FN. The highest BCUT2D eigenvalue weighted by Gasteiger charge is 2.36. The molecule has 1 aromatic rings. The zero-order valence-corrected chi connectivity index (χ0v) is 12.4. The van der Waals surface area contributed by atoms with Crippen LogP contribution in [0.3, 0.4) is 0 Å². The Morgan fingerprint density at radius 3 is 2.21 bits per heavy atom. The summed E-state index contributed by atoms with van der Waals surface area (Å²) in [4.78, 5) is 0. The topological polar surface area (TPSA) is 12.0 Å². The van der Waals surface area contributed by atoms with Crippen LogP contribution in [0.2, 0.25) is 0 Å². The van der Waals surface area contributed by atoms with Crippen molar-refractivity contribution in [2.24, 2.45) is 5.92 Å². The van der Waals surface area contributed by atoms with Crippen molar-refractivity contribution >= 4 is 0 Å². The lowest BCUT2D eigenvalue weighted by Gasteiger charge is -2.41. The Morgan fingerprint density at radius 2 is 1.68 bits per heavy atom. The maximum absolute atomic E-state index is 13.1. The first kappa shape index (κ1) is 14.5. The third-order valence-electron chi connectivity index (χ3n) is 4.80. The molecule has 1 aliphatic rings. The van der Waals surface area contributed by atoms with Crippen molar-refractivity contribution in [3.8, 4) is 0 Å². The van der Waals surface area contributed by atoms with Gasteiger partial charge in [0.15, 0.2) is 0 Å². The van der Waals surface area contributed by atoms with Crippen LogP contribution in [0.25, 0.3) is 0 Å². The molecule has 1 aromatic carbocycles. The largest absolute Gasteiger partial charge is 0.316 e. The molecule has 1 unspecified atom stereocenters. The first-order valence-corrected chi connectivity index (χ1v) is 7.49. The molecule has 2 heteroatoms. The highest BCUT2D eigenvalue weighted by molar-refractivity contribution is 5.27. The zero-order valence-electron chi connectivity index (χ0n) is 12.4. The summed E-state index contributed by atoms with van der Waals surface area (Å²) in [6, 6.07) is 7.47. The molecule has 0 spiro atoms. The number of hydrogen-bond acceptors (Lipinski definition) is 1. The third kappa shape index (κ3) is 3.17. The molecule has 0 amide bonds. The third-order valence-corrected chi connectivity index (χ3v) is 4.80. The summed E-state index contributed by atoms with van der Waals surface area (Å²) in [5.74, 6) is 0.581. The number of rotatable bonds is 4. The van der Waals surface area contributed by atoms with E-state index in [2.05, 4.69) is 26.2 Å². The van der Waals surface area contributed by atoms with E-state index in [0.29, 0.717) is 6.04 Å². The van der Waals surface area contributed by atoms with Gasteiger partial charge in [-0.3, -0.25) is 0 Å². The van der Waals surface area contributed by atoms with Crippen molar-refractivity contribution in [2.75, 3.05) is 7.05 Å². The second-order valence-corrected chi connectivity index (χ2v) is 6.39. The number of likely N-dealkylation sites (N-methyl/N-ethyl adjacent to an activating group) is 1. The van der Waals surface area contributed by atoms with Gasteiger partial charge in [0.25, 0.3) is 0 Å². The molecule has 1 saturated carbocycles. The Morgan fingerprint density at radius 1 is 1.11 bits per heavy atom. The minimum absolute atomic E-state index is 0.0322. The smallest absolute Gasteiger partial charge is 0.123 e. The number of hydrogen-bond donors (Lipinski definition) is 1. The van der Waals surface area contributed by atoms with Gasteiger partial charge in [-0.25, -0.2) is 4.39 Å². The molecular weight excluding hydrogens is 237 g/mol. The minimum Gasteiger partial charge on any atom is -0.316 e. The van der Waals surface area contributed by atoms with Crippen LogP contribution in [0, 0.1) is 11.7 Å². The molecule has 1 atom stereocenters. The summed E-state index contributed by atoms with van der Waals surface area (Å²) < 4.78 is 13.1. The van der Waals surface area contributed by atoms with E-state index in [4.69, 9.17) is 0 Å². The van der Waals surface area contributed by atoms with Gasteiger partial charge in [-0.15, -0.1) is 0 Å². The van der Waals surface area contributed by atoms with E-state index in [-0.39, 0.29) is 11.2 Å². The van der Waals surface area contributed by atoms with Crippen LogP contribution >= 0.6 is 0 Å². The summed E-state index contributed by atoms with van der Waals surface area (Å²) in [6.45, 7) is 4.55. The van der Waals surface area contributed by atoms with Crippen molar-refractivity contribution in [2.45, 2.75) is 57.4 Å². The minimum atomic E-state index is -0.154. The fourth-order valence-corrected chi connectivity index (χ4v) is 3.71. The molecule has 0 aromatic heterocycles. The average Bonchev–Trinajstić information content (AvgIpc) is 2.41. The van der Waals surface area contributed by atoms with E-state index >= 15 is 0 Å². The average molecular weight is 263 g/mol. The second-order valence-electron chi connectivity index (χ2n) is 6.39. The Balaban J connectivity index is 2.21. The van der Waals surface area contributed by atoms with Gasteiger partial charge in [-0.2, -0.15) is 0 Å². The Hall–Kier alpha value is -0.890. The quantitative estimate of drug-likeness (QED) is 0.855. The van der Waals surface area contributed by atoms with Gasteiger partial charge in [-0.1, -0.05) is 45.2 Å². The van der Waals surface area contributed by atoms with E-state index in [1.54, 1.807) is 12.1 Å². The summed E-state index contributed by atoms with van der Waals surface area (Å²) in [6.07, 6.45) is 6.71. The van der Waals surface area contributed by atoms with Gasteiger partial charge in [0.1, 0.15) is 5.82 Å². The zero-order chi connectivity index (χ0) is 13.9. The maximum atomic E-state index is 13.1. The highest BCUT2D eigenvalue weighted by atomic mass is 19.1. The van der Waals surface area contributed by atoms with Gasteiger partial charge in [-0.05, 0) is 43.5 Å². The number of halogens is 1. The molecule has 1 nitrogen and oxygen atoms in total. The van der Waals surface area contributed by atoms with Crippen LogP contribution in [-0.4, -0.2) is 13.1 Å². The Bertz CT molecular complexity index is 390. The van der Waals surface area contributed by atoms with E-state index in [1.165, 1.54) is 37.7 Å². The summed E-state index contributed by atoms with van der Waals surface area (Å²) >= 11 is 0. The van der Waals surface area contributed by atoms with Crippen LogP contribution in [-0.2, 0) is 5.41 Å². The van der Waals surface area contributed by atoms with E-state index in [1.807, 2.05) is 12.1 Å². The SMILES string of the molecule is CNC(C1CCCCC1)C(C)(C)c1ccc(F)cc1. The van der Waals surface area contributed by atoms with Gasteiger partial charge in [0.2, 0.25) is 0 Å². The van der Waals surface area contributed by atoms with Crippen molar-refractivity contribution < 1.29 is 4.39 Å². The molecule has 0 aliphatic heterocycles. The molecule has 19 heavy (non-hydrogen) atoms. The van der Waals surface area contributed by atoms with Gasteiger partial charge in [0.05, 0.1) is 0 Å². The highest BCUT2D eigenvalue weighted by Crippen LogP contribution is 2.37. The summed E-state index contributed by atoms with van der Waals surface area (Å²) in [7, 11) is 2.06. The van der Waals surface area contributed by atoms with Crippen LogP contribution in [0.4, 0.5) is 4.39 Å².